The third-order valence-corrected chi connectivity index (χ3v) is 8.06. The molecule has 1 saturated heterocycles. The molecule has 0 bridgehead atoms. The van der Waals surface area contributed by atoms with Crippen molar-refractivity contribution in [1.82, 2.24) is 4.31 Å². The highest BCUT2D eigenvalue weighted by Gasteiger charge is 2.32. The van der Waals surface area contributed by atoms with Crippen molar-refractivity contribution < 1.29 is 18.3 Å². The highest BCUT2D eigenvalue weighted by atomic mass is 32.2. The highest BCUT2D eigenvalue weighted by molar-refractivity contribution is 8.00. The quantitative estimate of drug-likeness (QED) is 0.908. The number of aryl methyl sites for hydroxylation is 1. The Morgan fingerprint density at radius 1 is 1.38 bits per heavy atom. The second kappa shape index (κ2) is 5.91. The molecule has 1 aromatic heterocycles. The van der Waals surface area contributed by atoms with E-state index in [0.29, 0.717) is 18.0 Å². The van der Waals surface area contributed by atoms with E-state index in [1.54, 1.807) is 18.7 Å². The number of thiophene rings is 1. The van der Waals surface area contributed by atoms with Crippen molar-refractivity contribution >= 4 is 39.1 Å². The lowest BCUT2D eigenvalue weighted by molar-refractivity contribution is 0.0702. The van der Waals surface area contributed by atoms with Crippen LogP contribution in [0.5, 0.6) is 0 Å². The van der Waals surface area contributed by atoms with Crippen molar-refractivity contribution in [2.45, 2.75) is 36.8 Å². The van der Waals surface area contributed by atoms with Gasteiger partial charge in [0.1, 0.15) is 4.88 Å². The maximum absolute atomic E-state index is 12.7. The van der Waals surface area contributed by atoms with Crippen LogP contribution in [-0.4, -0.2) is 47.4 Å². The SMILES string of the molecule is Cc1sc(C(=O)O)cc1S(=O)(=O)N1CCSC(C)(C)CC1. The van der Waals surface area contributed by atoms with Crippen molar-refractivity contribution in [2.24, 2.45) is 0 Å². The zero-order valence-corrected chi connectivity index (χ0v) is 14.7. The molecule has 2 heterocycles. The van der Waals surface area contributed by atoms with E-state index >= 15 is 0 Å². The topological polar surface area (TPSA) is 74.7 Å². The number of thioether (sulfide) groups is 1. The molecule has 1 fully saturated rings. The molecule has 0 unspecified atom stereocenters. The predicted octanol–water partition coefficient (Wildman–Crippen LogP) is 2.66. The Bertz CT molecular complexity index is 648. The molecule has 5 nitrogen and oxygen atoms in total. The molecule has 1 aromatic rings. The second-order valence-electron chi connectivity index (χ2n) is 5.60. The zero-order chi connectivity index (χ0) is 15.8. The fourth-order valence-corrected chi connectivity index (χ4v) is 6.26. The number of sulfonamides is 1. The summed E-state index contributed by atoms with van der Waals surface area (Å²) in [6, 6.07) is 1.28. The van der Waals surface area contributed by atoms with Crippen molar-refractivity contribution in [3.05, 3.63) is 15.8 Å². The van der Waals surface area contributed by atoms with Crippen LogP contribution in [0.25, 0.3) is 0 Å². The minimum absolute atomic E-state index is 0.0654. The molecule has 0 spiro atoms. The van der Waals surface area contributed by atoms with Gasteiger partial charge in [-0.2, -0.15) is 16.1 Å². The predicted molar refractivity (Wildman–Crippen MR) is 85.9 cm³/mol. The summed E-state index contributed by atoms with van der Waals surface area (Å²) in [5, 5.41) is 9.01. The van der Waals surface area contributed by atoms with E-state index < -0.39 is 16.0 Å². The number of carbonyl (C=O) groups is 1. The maximum Gasteiger partial charge on any atom is 0.345 e. The van der Waals surface area contributed by atoms with Crippen LogP contribution in [0.15, 0.2) is 11.0 Å². The Morgan fingerprint density at radius 3 is 2.62 bits per heavy atom. The van der Waals surface area contributed by atoms with Crippen LogP contribution in [0.4, 0.5) is 0 Å². The number of rotatable bonds is 3. The zero-order valence-electron chi connectivity index (χ0n) is 12.2. The van der Waals surface area contributed by atoms with E-state index in [4.69, 9.17) is 5.11 Å². The fraction of sp³-hybridized carbons (Fsp3) is 0.615. The fourth-order valence-electron chi connectivity index (χ4n) is 2.21. The first-order valence-corrected chi connectivity index (χ1v) is 9.85. The number of nitrogens with zero attached hydrogens (tertiary/aromatic N) is 1. The van der Waals surface area contributed by atoms with Crippen LogP contribution in [-0.2, 0) is 10.0 Å². The summed E-state index contributed by atoms with van der Waals surface area (Å²) in [5.74, 6) is -0.335. The van der Waals surface area contributed by atoms with Crippen LogP contribution >= 0.6 is 23.1 Å². The van der Waals surface area contributed by atoms with E-state index in [1.165, 1.54) is 10.4 Å². The van der Waals surface area contributed by atoms with Gasteiger partial charge in [0.05, 0.1) is 4.90 Å². The molecular weight excluding hydrogens is 330 g/mol. The average Bonchev–Trinajstić information content (AvgIpc) is 2.66. The van der Waals surface area contributed by atoms with Gasteiger partial charge in [-0.05, 0) is 19.4 Å². The third kappa shape index (κ3) is 3.61. The van der Waals surface area contributed by atoms with Gasteiger partial charge < -0.3 is 5.11 Å². The smallest absolute Gasteiger partial charge is 0.345 e. The normalized spacial score (nSPS) is 20.1. The molecule has 0 radical (unpaired) electrons. The molecule has 1 N–H and O–H groups in total. The molecule has 2 rings (SSSR count). The van der Waals surface area contributed by atoms with Crippen LogP contribution in [0.1, 0.15) is 34.8 Å². The van der Waals surface area contributed by atoms with Crippen molar-refractivity contribution in [3.8, 4) is 0 Å². The molecule has 0 aromatic carbocycles. The molecule has 1 aliphatic heterocycles. The summed E-state index contributed by atoms with van der Waals surface area (Å²) in [5.41, 5.74) is 0. The minimum Gasteiger partial charge on any atom is -0.477 e. The van der Waals surface area contributed by atoms with Gasteiger partial charge >= 0.3 is 5.97 Å². The monoisotopic (exact) mass is 349 g/mol. The molecule has 0 atom stereocenters. The van der Waals surface area contributed by atoms with Gasteiger partial charge in [-0.1, -0.05) is 13.8 Å². The van der Waals surface area contributed by atoms with Gasteiger partial charge in [-0.3, -0.25) is 0 Å². The highest BCUT2D eigenvalue weighted by Crippen LogP contribution is 2.34. The largest absolute Gasteiger partial charge is 0.477 e. The van der Waals surface area contributed by atoms with Crippen molar-refractivity contribution in [3.63, 3.8) is 0 Å². The number of aromatic carboxylic acids is 1. The number of carboxylic acid groups (broad SMARTS) is 1. The Hall–Kier alpha value is -0.570. The lowest BCUT2D eigenvalue weighted by atomic mass is 10.1. The van der Waals surface area contributed by atoms with Gasteiger partial charge in [-0.15, -0.1) is 11.3 Å². The Labute approximate surface area is 133 Å². The molecule has 0 saturated carbocycles. The molecule has 1 aliphatic rings. The lowest BCUT2D eigenvalue weighted by Gasteiger charge is -2.22. The van der Waals surface area contributed by atoms with Crippen LogP contribution in [0.3, 0.4) is 0 Å². The minimum atomic E-state index is -3.61. The summed E-state index contributed by atoms with van der Waals surface area (Å²) in [6.45, 7) is 6.83. The summed E-state index contributed by atoms with van der Waals surface area (Å²) in [7, 11) is -3.61. The van der Waals surface area contributed by atoms with Crippen LogP contribution in [0.2, 0.25) is 0 Å². The Balaban J connectivity index is 2.31. The summed E-state index contributed by atoms with van der Waals surface area (Å²) in [6.07, 6.45) is 0.784. The van der Waals surface area contributed by atoms with E-state index in [9.17, 15) is 13.2 Å². The summed E-state index contributed by atoms with van der Waals surface area (Å²) < 4.78 is 27.0. The van der Waals surface area contributed by atoms with E-state index in [0.717, 1.165) is 23.5 Å². The number of hydrogen-bond acceptors (Lipinski definition) is 5. The van der Waals surface area contributed by atoms with Gasteiger partial charge in [0.25, 0.3) is 0 Å². The molecule has 0 aliphatic carbocycles. The molecule has 0 amide bonds. The average molecular weight is 349 g/mol. The molecule has 21 heavy (non-hydrogen) atoms. The maximum atomic E-state index is 12.7. The summed E-state index contributed by atoms with van der Waals surface area (Å²) in [4.78, 5) is 11.7. The number of hydrogen-bond donors (Lipinski definition) is 1. The van der Waals surface area contributed by atoms with Crippen LogP contribution in [0, 0.1) is 6.92 Å². The Morgan fingerprint density at radius 2 is 2.05 bits per heavy atom. The second-order valence-corrected chi connectivity index (χ2v) is 10.6. The summed E-state index contributed by atoms with van der Waals surface area (Å²) >= 11 is 2.78. The van der Waals surface area contributed by atoms with E-state index in [-0.39, 0.29) is 14.5 Å². The van der Waals surface area contributed by atoms with Gasteiger partial charge in [0.15, 0.2) is 0 Å². The van der Waals surface area contributed by atoms with Crippen molar-refractivity contribution in [2.75, 3.05) is 18.8 Å². The molecule has 8 heteroatoms. The molecule has 118 valence electrons. The van der Waals surface area contributed by atoms with Crippen molar-refractivity contribution in [1.29, 1.82) is 0 Å². The Kier molecular flexibility index (Phi) is 4.72. The molecular formula is C13H19NO4S3. The first kappa shape index (κ1) is 16.8. The first-order valence-electron chi connectivity index (χ1n) is 6.61. The van der Waals surface area contributed by atoms with Gasteiger partial charge in [0, 0.05) is 28.5 Å². The van der Waals surface area contributed by atoms with Gasteiger partial charge in [0.2, 0.25) is 10.0 Å². The lowest BCUT2D eigenvalue weighted by Crippen LogP contribution is -2.33. The van der Waals surface area contributed by atoms with E-state index in [1.807, 2.05) is 0 Å². The third-order valence-electron chi connectivity index (χ3n) is 3.50. The first-order chi connectivity index (χ1) is 9.63. The van der Waals surface area contributed by atoms with Gasteiger partial charge in [-0.25, -0.2) is 13.2 Å². The standard InChI is InChI=1S/C13H19NO4S3/c1-9-11(8-10(20-9)12(15)16)21(17,18)14-5-4-13(2,3)19-7-6-14/h8H,4-7H2,1-3H3,(H,15,16). The van der Waals surface area contributed by atoms with Crippen LogP contribution < -0.4 is 0 Å². The van der Waals surface area contributed by atoms with E-state index in [2.05, 4.69) is 13.8 Å². The number of carboxylic acids is 1.